The Morgan fingerprint density at radius 1 is 1.21 bits per heavy atom. The van der Waals surface area contributed by atoms with Gasteiger partial charge >= 0.3 is 0 Å². The number of hydrogen-bond acceptors (Lipinski definition) is 3. The van der Waals surface area contributed by atoms with E-state index in [1.807, 2.05) is 13.8 Å². The molecule has 1 aromatic carbocycles. The Morgan fingerprint density at radius 2 is 1.79 bits per heavy atom. The van der Waals surface area contributed by atoms with E-state index in [-0.39, 0.29) is 17.7 Å². The van der Waals surface area contributed by atoms with Gasteiger partial charge in [0.25, 0.3) is 5.91 Å². The third-order valence-electron chi connectivity index (χ3n) is 2.79. The van der Waals surface area contributed by atoms with Crippen molar-refractivity contribution in [2.75, 3.05) is 10.5 Å². The Kier molecular flexibility index (Phi) is 5.35. The van der Waals surface area contributed by atoms with Gasteiger partial charge in [0, 0.05) is 17.3 Å². The van der Waals surface area contributed by atoms with Gasteiger partial charge in [0.2, 0.25) is 10.0 Å². The zero-order chi connectivity index (χ0) is 14.5. The van der Waals surface area contributed by atoms with Crippen LogP contribution in [-0.2, 0) is 10.0 Å². The molecule has 0 aromatic heterocycles. The number of carbonyl (C=O) groups is 1. The predicted octanol–water partition coefficient (Wildman–Crippen LogP) is 1.98. The molecule has 0 bridgehead atoms. The molecule has 0 aliphatic rings. The Balaban J connectivity index is 2.74. The number of benzene rings is 1. The summed E-state index contributed by atoms with van der Waals surface area (Å²) in [5.74, 6) is -0.136. The van der Waals surface area contributed by atoms with Crippen LogP contribution in [0.5, 0.6) is 0 Å². The lowest BCUT2D eigenvalue weighted by atomic mass is 10.1. The molecule has 0 unspecified atom stereocenters. The molecule has 1 rings (SSSR count). The summed E-state index contributed by atoms with van der Waals surface area (Å²) in [7, 11) is -3.28. The highest BCUT2D eigenvalue weighted by atomic mass is 32.2. The first-order valence-electron chi connectivity index (χ1n) is 6.29. The number of nitrogens with one attached hydrogen (secondary N) is 2. The van der Waals surface area contributed by atoms with Gasteiger partial charge in [-0.2, -0.15) is 0 Å². The minimum atomic E-state index is -3.28. The molecule has 0 aliphatic carbocycles. The molecule has 0 radical (unpaired) electrons. The largest absolute Gasteiger partial charge is 0.350 e. The molecule has 1 aromatic rings. The van der Waals surface area contributed by atoms with E-state index in [1.165, 1.54) is 0 Å². The summed E-state index contributed by atoms with van der Waals surface area (Å²) in [5, 5.41) is 2.85. The van der Waals surface area contributed by atoms with Gasteiger partial charge in [-0.1, -0.05) is 6.92 Å². The SMILES string of the molecule is CC[C@H](C)NC(=O)c1ccc(NS(=O)(=O)CC)cc1. The maximum Gasteiger partial charge on any atom is 0.251 e. The predicted molar refractivity (Wildman–Crippen MR) is 76.7 cm³/mol. The van der Waals surface area contributed by atoms with Crippen molar-refractivity contribution in [1.82, 2.24) is 5.32 Å². The van der Waals surface area contributed by atoms with E-state index in [4.69, 9.17) is 0 Å². The minimum absolute atomic E-state index is 0.0171. The van der Waals surface area contributed by atoms with Gasteiger partial charge in [-0.3, -0.25) is 9.52 Å². The normalized spacial score (nSPS) is 12.8. The topological polar surface area (TPSA) is 75.3 Å². The molecule has 1 amide bonds. The molecule has 1 atom stereocenters. The number of hydrogen-bond donors (Lipinski definition) is 2. The van der Waals surface area contributed by atoms with Crippen LogP contribution in [0.3, 0.4) is 0 Å². The minimum Gasteiger partial charge on any atom is -0.350 e. The van der Waals surface area contributed by atoms with Gasteiger partial charge < -0.3 is 5.32 Å². The average Bonchev–Trinajstić information content (AvgIpc) is 2.39. The van der Waals surface area contributed by atoms with Gasteiger partial charge in [-0.05, 0) is 44.5 Å². The van der Waals surface area contributed by atoms with Gasteiger partial charge in [-0.25, -0.2) is 8.42 Å². The summed E-state index contributed by atoms with van der Waals surface area (Å²) in [6.45, 7) is 5.49. The molecule has 0 heterocycles. The van der Waals surface area contributed by atoms with Gasteiger partial charge in [-0.15, -0.1) is 0 Å². The Labute approximate surface area is 114 Å². The lowest BCUT2D eigenvalue weighted by Gasteiger charge is -2.12. The fraction of sp³-hybridized carbons (Fsp3) is 0.462. The van der Waals surface area contributed by atoms with Crippen LogP contribution in [0.2, 0.25) is 0 Å². The van der Waals surface area contributed by atoms with Crippen LogP contribution in [0.25, 0.3) is 0 Å². The molecule has 6 heteroatoms. The van der Waals surface area contributed by atoms with Gasteiger partial charge in [0.05, 0.1) is 5.75 Å². The van der Waals surface area contributed by atoms with Crippen LogP contribution in [0.15, 0.2) is 24.3 Å². The molecule has 2 N–H and O–H groups in total. The fourth-order valence-electron chi connectivity index (χ4n) is 1.35. The molecule has 0 aliphatic heterocycles. The molecule has 0 spiro atoms. The van der Waals surface area contributed by atoms with E-state index in [9.17, 15) is 13.2 Å². The molecule has 0 fully saturated rings. The summed E-state index contributed by atoms with van der Waals surface area (Å²) >= 11 is 0. The van der Waals surface area contributed by atoms with Crippen LogP contribution < -0.4 is 10.0 Å². The molecule has 0 saturated carbocycles. The summed E-state index contributed by atoms with van der Waals surface area (Å²) in [4.78, 5) is 11.8. The molecule has 5 nitrogen and oxygen atoms in total. The number of carbonyl (C=O) groups excluding carboxylic acids is 1. The third-order valence-corrected chi connectivity index (χ3v) is 4.10. The molecular weight excluding hydrogens is 264 g/mol. The third kappa shape index (κ3) is 4.90. The molecular formula is C13H20N2O3S. The Hall–Kier alpha value is -1.56. The first-order valence-corrected chi connectivity index (χ1v) is 7.94. The zero-order valence-corrected chi connectivity index (χ0v) is 12.3. The maximum absolute atomic E-state index is 11.8. The average molecular weight is 284 g/mol. The van der Waals surface area contributed by atoms with Crippen molar-refractivity contribution in [2.45, 2.75) is 33.2 Å². The highest BCUT2D eigenvalue weighted by Gasteiger charge is 2.10. The zero-order valence-electron chi connectivity index (χ0n) is 11.4. The number of rotatable bonds is 6. The second kappa shape index (κ2) is 6.56. The van der Waals surface area contributed by atoms with E-state index < -0.39 is 10.0 Å². The van der Waals surface area contributed by atoms with Crippen molar-refractivity contribution < 1.29 is 13.2 Å². The van der Waals surface area contributed by atoms with Crippen molar-refractivity contribution in [1.29, 1.82) is 0 Å². The molecule has 19 heavy (non-hydrogen) atoms. The summed E-state index contributed by atoms with van der Waals surface area (Å²) < 4.78 is 25.2. The van der Waals surface area contributed by atoms with Crippen molar-refractivity contribution in [3.63, 3.8) is 0 Å². The van der Waals surface area contributed by atoms with Crippen molar-refractivity contribution >= 4 is 21.6 Å². The summed E-state index contributed by atoms with van der Waals surface area (Å²) in [6, 6.07) is 6.49. The number of anilines is 1. The first-order chi connectivity index (χ1) is 8.88. The Bertz CT molecular complexity index is 523. The van der Waals surface area contributed by atoms with E-state index in [0.717, 1.165) is 6.42 Å². The lowest BCUT2D eigenvalue weighted by molar-refractivity contribution is 0.0939. The highest BCUT2D eigenvalue weighted by molar-refractivity contribution is 7.92. The van der Waals surface area contributed by atoms with Gasteiger partial charge in [0.1, 0.15) is 0 Å². The second-order valence-corrected chi connectivity index (χ2v) is 6.38. The van der Waals surface area contributed by atoms with Crippen LogP contribution in [-0.4, -0.2) is 26.1 Å². The summed E-state index contributed by atoms with van der Waals surface area (Å²) in [5.41, 5.74) is 0.974. The van der Waals surface area contributed by atoms with E-state index in [0.29, 0.717) is 11.3 Å². The van der Waals surface area contributed by atoms with Crippen LogP contribution in [0, 0.1) is 0 Å². The molecule has 0 saturated heterocycles. The quantitative estimate of drug-likeness (QED) is 0.838. The van der Waals surface area contributed by atoms with Crippen LogP contribution in [0.1, 0.15) is 37.6 Å². The van der Waals surface area contributed by atoms with Crippen LogP contribution in [0.4, 0.5) is 5.69 Å². The van der Waals surface area contributed by atoms with Crippen LogP contribution >= 0.6 is 0 Å². The lowest BCUT2D eigenvalue weighted by Crippen LogP contribution is -2.31. The van der Waals surface area contributed by atoms with Crippen molar-refractivity contribution in [3.8, 4) is 0 Å². The monoisotopic (exact) mass is 284 g/mol. The van der Waals surface area contributed by atoms with Crippen molar-refractivity contribution in [2.24, 2.45) is 0 Å². The number of sulfonamides is 1. The summed E-state index contributed by atoms with van der Waals surface area (Å²) in [6.07, 6.45) is 0.861. The second-order valence-electron chi connectivity index (χ2n) is 4.37. The fourth-order valence-corrected chi connectivity index (χ4v) is 1.99. The maximum atomic E-state index is 11.8. The standard InChI is InChI=1S/C13H20N2O3S/c1-4-10(3)14-13(16)11-6-8-12(9-7-11)15-19(17,18)5-2/h6-10,15H,4-5H2,1-3H3,(H,14,16)/t10-/m0/s1. The Morgan fingerprint density at radius 3 is 2.26 bits per heavy atom. The van der Waals surface area contributed by atoms with E-state index in [2.05, 4.69) is 10.0 Å². The molecule has 106 valence electrons. The van der Waals surface area contributed by atoms with E-state index >= 15 is 0 Å². The highest BCUT2D eigenvalue weighted by Crippen LogP contribution is 2.11. The number of amides is 1. The van der Waals surface area contributed by atoms with Crippen molar-refractivity contribution in [3.05, 3.63) is 29.8 Å². The van der Waals surface area contributed by atoms with E-state index in [1.54, 1.807) is 31.2 Å². The van der Waals surface area contributed by atoms with Gasteiger partial charge in [0.15, 0.2) is 0 Å². The smallest absolute Gasteiger partial charge is 0.251 e. The first kappa shape index (κ1) is 15.5.